The van der Waals surface area contributed by atoms with Gasteiger partial charge in [0.15, 0.2) is 11.7 Å². The van der Waals surface area contributed by atoms with E-state index in [1.165, 1.54) is 61.2 Å². The molecule has 6 heterocycles. The summed E-state index contributed by atoms with van der Waals surface area (Å²) in [6.07, 6.45) is 5.07. The molecule has 0 unspecified atom stereocenters. The maximum Gasteiger partial charge on any atom is 0.357 e. The molecule has 8 rings (SSSR count). The molecule has 2 aliphatic heterocycles. The third-order valence-electron chi connectivity index (χ3n) is 9.63. The summed E-state index contributed by atoms with van der Waals surface area (Å²) in [5, 5.41) is 61.3. The first-order valence-corrected chi connectivity index (χ1v) is 22.3. The highest BCUT2D eigenvalue weighted by atomic mass is 16.5. The number of pyridine rings is 4. The number of aliphatic imine (C=N–C) groups is 2. The fourth-order valence-corrected chi connectivity index (χ4v) is 5.92. The van der Waals surface area contributed by atoms with Gasteiger partial charge in [0, 0.05) is 0 Å². The highest BCUT2D eigenvalue weighted by Gasteiger charge is 2.22. The smallest absolute Gasteiger partial charge is 0.357 e. The molecule has 400 valence electrons. The topological polar surface area (TPSA) is 478 Å². The van der Waals surface area contributed by atoms with Gasteiger partial charge in [-0.3, -0.25) is 10.8 Å². The number of aliphatic hydroxyl groups is 2. The molecule has 0 fully saturated rings. The minimum atomic E-state index is -1.18. The van der Waals surface area contributed by atoms with Crippen molar-refractivity contribution in [3.05, 3.63) is 191 Å². The lowest BCUT2D eigenvalue weighted by Crippen LogP contribution is -2.35. The number of urea groups is 2. The Balaban J connectivity index is 0.000000203. The highest BCUT2D eigenvalue weighted by molar-refractivity contribution is 6.11. The number of benzene rings is 2. The lowest BCUT2D eigenvalue weighted by atomic mass is 10.2. The number of dihydropyridines is 2. The van der Waals surface area contributed by atoms with E-state index in [4.69, 9.17) is 53.4 Å². The van der Waals surface area contributed by atoms with Gasteiger partial charge in [-0.2, -0.15) is 0 Å². The van der Waals surface area contributed by atoms with Crippen LogP contribution >= 0.6 is 0 Å². The minimum Gasteiger partial charge on any atom is -0.510 e. The van der Waals surface area contributed by atoms with Crippen molar-refractivity contribution < 1.29 is 58.7 Å². The minimum absolute atomic E-state index is 0.00852. The van der Waals surface area contributed by atoms with Crippen molar-refractivity contribution in [2.75, 3.05) is 22.1 Å². The third kappa shape index (κ3) is 18.5. The largest absolute Gasteiger partial charge is 0.510 e. The van der Waals surface area contributed by atoms with E-state index in [2.05, 4.69) is 51.2 Å². The number of amidine groups is 4. The number of rotatable bonds is 12. The Kier molecular flexibility index (Phi) is 20.6. The number of nitrogens with two attached hydrogens (primary N) is 4. The van der Waals surface area contributed by atoms with Crippen LogP contribution in [0.15, 0.2) is 167 Å². The summed E-state index contributed by atoms with van der Waals surface area (Å²) in [6.45, 7) is 0.368. The monoisotopic (exact) mass is 1060 g/mol. The van der Waals surface area contributed by atoms with Gasteiger partial charge in [0.25, 0.3) is 0 Å². The Bertz CT molecular complexity index is 3280. The molecule has 28 heteroatoms. The molecule has 4 amide bonds. The number of nitrogens with zero attached hydrogens (tertiary/aromatic N) is 6. The van der Waals surface area contributed by atoms with Crippen LogP contribution < -0.4 is 44.2 Å². The average Bonchev–Trinajstić information content (AvgIpc) is 3.42. The van der Waals surface area contributed by atoms with E-state index in [0.717, 1.165) is 11.1 Å². The molecule has 28 nitrogen and oxygen atoms in total. The van der Waals surface area contributed by atoms with Gasteiger partial charge in [0.2, 0.25) is 0 Å². The van der Waals surface area contributed by atoms with Crippen LogP contribution in [0.3, 0.4) is 0 Å². The van der Waals surface area contributed by atoms with Crippen molar-refractivity contribution in [3.8, 4) is 0 Å². The Morgan fingerprint density at radius 1 is 0.474 bits per heavy atom. The van der Waals surface area contributed by atoms with E-state index in [-0.39, 0.29) is 101 Å². The number of anilines is 4. The van der Waals surface area contributed by atoms with Gasteiger partial charge in [-0.1, -0.05) is 60.7 Å². The number of carboxylic acids is 2. The number of carbonyl (C=O) groups is 6. The van der Waals surface area contributed by atoms with Crippen LogP contribution in [0, 0.1) is 10.8 Å². The Hall–Kier alpha value is -11.6. The number of aromatic carboxylic acids is 2. The molecule has 78 heavy (non-hydrogen) atoms. The number of esters is 2. The number of carboxylic acid groups (broad SMARTS) is 2. The fourth-order valence-electron chi connectivity index (χ4n) is 5.92. The van der Waals surface area contributed by atoms with Crippen LogP contribution in [0.2, 0.25) is 0 Å². The number of nitrogens with one attached hydrogen (secondary N) is 6. The van der Waals surface area contributed by atoms with Gasteiger partial charge in [-0.15, -0.1) is 0 Å². The Labute approximate surface area is 441 Å². The van der Waals surface area contributed by atoms with Crippen LogP contribution in [0.1, 0.15) is 65.9 Å². The van der Waals surface area contributed by atoms with E-state index >= 15 is 0 Å². The zero-order chi connectivity index (χ0) is 56.7. The summed E-state index contributed by atoms with van der Waals surface area (Å²) in [7, 11) is 0. The SMILES string of the molecule is N=C1N=C(N)CC(O)=C1NC(=O)Nc1ccc(C(=O)O)nc1.N=C1N=C(N)CC(O)=C1NC(=O)Nc1ccc(C(=O)OCc2ccccc2)nc1.Nc1ccc(C(=O)O)nc1.Nc1ccc(C(=O)OCc2ccccc2)nc1. The number of aromatic nitrogens is 4. The molecule has 18 N–H and O–H groups in total. The molecule has 0 radical (unpaired) electrons. The number of nitrogen functional groups attached to an aromatic ring is 2. The quantitative estimate of drug-likeness (QED) is 0.0727. The van der Waals surface area contributed by atoms with Gasteiger partial charge in [-0.25, -0.2) is 58.7 Å². The lowest BCUT2D eigenvalue weighted by Gasteiger charge is -2.16. The van der Waals surface area contributed by atoms with Crippen molar-refractivity contribution >= 4 is 82.0 Å². The van der Waals surface area contributed by atoms with E-state index in [9.17, 15) is 39.0 Å². The Morgan fingerprint density at radius 3 is 1.14 bits per heavy atom. The van der Waals surface area contributed by atoms with Gasteiger partial charge in [-0.05, 0) is 59.7 Å². The van der Waals surface area contributed by atoms with Crippen molar-refractivity contribution in [2.24, 2.45) is 21.5 Å². The second-order valence-corrected chi connectivity index (χ2v) is 15.6. The summed E-state index contributed by atoms with van der Waals surface area (Å²) in [5.74, 6) is -4.36. The van der Waals surface area contributed by atoms with Gasteiger partial charge in [0.05, 0.1) is 60.4 Å². The van der Waals surface area contributed by atoms with E-state index in [1.54, 1.807) is 12.1 Å². The van der Waals surface area contributed by atoms with Gasteiger partial charge in [0.1, 0.15) is 70.6 Å². The number of hydrogen-bond acceptors (Lipinski definition) is 20. The second-order valence-electron chi connectivity index (χ2n) is 15.6. The Morgan fingerprint density at radius 2 is 0.821 bits per heavy atom. The van der Waals surface area contributed by atoms with Crippen LogP contribution in [0.5, 0.6) is 0 Å². The number of carbonyl (C=O) groups excluding carboxylic acids is 4. The van der Waals surface area contributed by atoms with Crippen molar-refractivity contribution in [1.29, 1.82) is 10.8 Å². The number of hydrogen-bond donors (Lipinski definition) is 14. The number of amides is 4. The fraction of sp³-hybridized carbons (Fsp3) is 0.0800. The summed E-state index contributed by atoms with van der Waals surface area (Å²) >= 11 is 0. The summed E-state index contributed by atoms with van der Waals surface area (Å²) in [5.41, 5.74) is 24.8. The second kappa shape index (κ2) is 28.0. The molecule has 6 aromatic rings. The predicted molar refractivity (Wildman–Crippen MR) is 282 cm³/mol. The molecule has 4 aromatic heterocycles. The molecule has 2 aromatic carbocycles. The van der Waals surface area contributed by atoms with Gasteiger partial charge < -0.3 is 74.1 Å². The van der Waals surface area contributed by atoms with E-state index in [1.807, 2.05) is 60.7 Å². The normalized spacial score (nSPS) is 12.4. The zero-order valence-electron chi connectivity index (χ0n) is 40.6. The molecular weight excluding hydrogens is 1020 g/mol. The molecule has 2 aliphatic rings. The number of aliphatic hydroxyl groups excluding tert-OH is 2. The standard InChI is InChI=1S/C19H18N6O4.C13H12N2O2.C12H12N6O4.C6H6N2O2/c20-15-8-14(26)16(17(21)24-15)25-19(28)23-12-6-7-13(22-9-12)18(27)29-10-11-4-2-1-3-5-11;14-11-6-7-12(15-8-11)13(16)17-9-10-4-2-1-3-5-10;13-8-3-7(19)9(10(14)17-8)18-12(22)16-5-1-2-6(11(20)21)15-4-5;7-4-1-2-5(6(9)10)8-3-4/h1-7,9,26H,8,10H2,(H3,20,21,24)(H2,23,25,28);1-8H,9,14H2;1-2,4,19H,3H2,(H,20,21)(H3,13,14,17)(H2,16,18,22);1-3H,7H2,(H,9,10). The summed E-state index contributed by atoms with van der Waals surface area (Å²) < 4.78 is 10.3. The van der Waals surface area contributed by atoms with Crippen molar-refractivity contribution in [3.63, 3.8) is 0 Å². The van der Waals surface area contributed by atoms with Crippen LogP contribution in [-0.2, 0) is 22.7 Å². The maximum atomic E-state index is 12.1. The lowest BCUT2D eigenvalue weighted by molar-refractivity contribution is 0.0457. The highest BCUT2D eigenvalue weighted by Crippen LogP contribution is 2.15. The molecule has 0 aliphatic carbocycles. The molecule has 0 saturated heterocycles. The first-order valence-electron chi connectivity index (χ1n) is 22.3. The first kappa shape index (κ1) is 57.3. The molecule has 0 bridgehead atoms. The van der Waals surface area contributed by atoms with Crippen molar-refractivity contribution in [1.82, 2.24) is 30.6 Å². The van der Waals surface area contributed by atoms with Crippen molar-refractivity contribution in [2.45, 2.75) is 26.1 Å². The average molecular weight is 1070 g/mol. The first-order chi connectivity index (χ1) is 37.2. The molecular formula is C50H48N16O12. The predicted octanol–water partition coefficient (Wildman–Crippen LogP) is 4.86. The van der Waals surface area contributed by atoms with Gasteiger partial charge >= 0.3 is 35.9 Å². The van der Waals surface area contributed by atoms with Crippen LogP contribution in [0.4, 0.5) is 32.3 Å². The molecule has 0 atom stereocenters. The van der Waals surface area contributed by atoms with Crippen LogP contribution in [-0.4, -0.2) is 99.6 Å². The zero-order valence-corrected chi connectivity index (χ0v) is 40.6. The number of ether oxygens (including phenoxy) is 2. The van der Waals surface area contributed by atoms with E-state index in [0.29, 0.717) is 17.1 Å². The molecule has 0 spiro atoms. The van der Waals surface area contributed by atoms with E-state index < -0.39 is 35.9 Å². The van der Waals surface area contributed by atoms with Crippen LogP contribution in [0.25, 0.3) is 0 Å². The summed E-state index contributed by atoms with van der Waals surface area (Å²) in [6, 6.07) is 28.7. The summed E-state index contributed by atoms with van der Waals surface area (Å²) in [4.78, 5) is 90.8. The third-order valence-corrected chi connectivity index (χ3v) is 9.63. The molecule has 0 saturated carbocycles. The maximum absolute atomic E-state index is 12.1.